The van der Waals surface area contributed by atoms with Gasteiger partial charge in [0.25, 0.3) is 11.5 Å². The molecule has 2 aromatic carbocycles. The molecular formula is C24H17ClN6O3. The maximum Gasteiger partial charge on any atom is 0.298 e. The Balaban J connectivity index is 1.72. The van der Waals surface area contributed by atoms with Gasteiger partial charge in [-0.15, -0.1) is 0 Å². The van der Waals surface area contributed by atoms with E-state index < -0.39 is 11.5 Å². The van der Waals surface area contributed by atoms with Gasteiger partial charge >= 0.3 is 0 Å². The van der Waals surface area contributed by atoms with Crippen LogP contribution < -0.4 is 15.7 Å². The number of pyridine rings is 1. The monoisotopic (exact) mass is 472 g/mol. The van der Waals surface area contributed by atoms with Crippen molar-refractivity contribution in [2.24, 2.45) is 0 Å². The van der Waals surface area contributed by atoms with Crippen molar-refractivity contribution in [3.05, 3.63) is 94.0 Å². The van der Waals surface area contributed by atoms with Crippen LogP contribution in [0.4, 0.5) is 0 Å². The van der Waals surface area contributed by atoms with Gasteiger partial charge in [-0.2, -0.15) is 9.77 Å². The van der Waals surface area contributed by atoms with E-state index in [1.807, 2.05) is 0 Å². The predicted molar refractivity (Wildman–Crippen MR) is 129 cm³/mol. The number of hydrogen-bond donors (Lipinski definition) is 2. The number of fused-ring (bicyclic) bond motifs is 1. The van der Waals surface area contributed by atoms with E-state index in [0.29, 0.717) is 27.5 Å². The van der Waals surface area contributed by atoms with E-state index in [-0.39, 0.29) is 16.9 Å². The fourth-order valence-electron chi connectivity index (χ4n) is 3.49. The van der Waals surface area contributed by atoms with Crippen molar-refractivity contribution in [1.29, 1.82) is 0 Å². The van der Waals surface area contributed by atoms with E-state index in [1.165, 1.54) is 6.20 Å². The molecule has 1 amide bonds. The maximum atomic E-state index is 13.5. The fourth-order valence-corrected chi connectivity index (χ4v) is 3.62. The number of methoxy groups -OCH3 is 1. The van der Waals surface area contributed by atoms with Crippen LogP contribution in [0.3, 0.4) is 0 Å². The molecule has 0 unspecified atom stereocenters. The fraction of sp³-hybridized carbons (Fsp3) is 0.0417. The van der Waals surface area contributed by atoms with Gasteiger partial charge in [-0.25, -0.2) is 4.98 Å². The van der Waals surface area contributed by atoms with E-state index in [1.54, 1.807) is 74.0 Å². The predicted octanol–water partition coefficient (Wildman–Crippen LogP) is 3.89. The Hall–Kier alpha value is -4.50. The second-order valence-electron chi connectivity index (χ2n) is 7.29. The van der Waals surface area contributed by atoms with E-state index >= 15 is 0 Å². The Labute approximate surface area is 198 Å². The molecule has 0 aliphatic heterocycles. The minimum Gasteiger partial charge on any atom is -0.497 e. The van der Waals surface area contributed by atoms with Crippen molar-refractivity contribution >= 4 is 28.5 Å². The van der Waals surface area contributed by atoms with Gasteiger partial charge in [0.1, 0.15) is 17.0 Å². The van der Waals surface area contributed by atoms with E-state index in [2.05, 4.69) is 20.6 Å². The molecule has 5 rings (SSSR count). The molecule has 0 saturated heterocycles. The third-order valence-electron chi connectivity index (χ3n) is 5.17. The van der Waals surface area contributed by atoms with Gasteiger partial charge in [-0.3, -0.25) is 25.1 Å². The average molecular weight is 473 g/mol. The van der Waals surface area contributed by atoms with Crippen LogP contribution in [-0.4, -0.2) is 37.9 Å². The smallest absolute Gasteiger partial charge is 0.298 e. The summed E-state index contributed by atoms with van der Waals surface area (Å²) >= 11 is 6.02. The summed E-state index contributed by atoms with van der Waals surface area (Å²) in [5.41, 5.74) is 4.69. The molecule has 0 aliphatic carbocycles. The highest BCUT2D eigenvalue weighted by Gasteiger charge is 2.21. The number of carbonyl (C=O) groups excluding carboxylic acids is 1. The van der Waals surface area contributed by atoms with Gasteiger partial charge in [0.05, 0.1) is 12.7 Å². The minimum atomic E-state index is -0.521. The number of ether oxygens (including phenoxy) is 1. The average Bonchev–Trinajstić information content (AvgIpc) is 3.31. The lowest BCUT2D eigenvalue weighted by Crippen LogP contribution is -2.35. The molecule has 0 aliphatic rings. The molecule has 5 aromatic rings. The molecule has 2 N–H and O–H groups in total. The number of amides is 1. The summed E-state index contributed by atoms with van der Waals surface area (Å²) in [6, 6.07) is 17.3. The molecule has 0 spiro atoms. The zero-order chi connectivity index (χ0) is 23.7. The second kappa shape index (κ2) is 8.80. The minimum absolute atomic E-state index is 0.142. The van der Waals surface area contributed by atoms with Crippen molar-refractivity contribution < 1.29 is 9.53 Å². The van der Waals surface area contributed by atoms with Crippen LogP contribution >= 0.6 is 11.6 Å². The number of rotatable bonds is 5. The van der Waals surface area contributed by atoms with Gasteiger partial charge in [-0.1, -0.05) is 35.9 Å². The summed E-state index contributed by atoms with van der Waals surface area (Å²) in [6.45, 7) is 0. The second-order valence-corrected chi connectivity index (χ2v) is 7.73. The number of hydrogen-bond acceptors (Lipinski definition) is 6. The molecule has 0 bridgehead atoms. The molecule has 0 atom stereocenters. The van der Waals surface area contributed by atoms with Crippen LogP contribution in [0.5, 0.6) is 5.75 Å². The summed E-state index contributed by atoms with van der Waals surface area (Å²) in [5.74, 6) is 0.269. The first kappa shape index (κ1) is 21.4. The number of nitrogens with one attached hydrogen (secondary N) is 2. The van der Waals surface area contributed by atoms with Crippen molar-refractivity contribution in [1.82, 2.24) is 24.8 Å². The van der Waals surface area contributed by atoms with Crippen LogP contribution in [0.1, 0.15) is 10.4 Å². The summed E-state index contributed by atoms with van der Waals surface area (Å²) < 4.78 is 6.43. The van der Waals surface area contributed by atoms with Crippen LogP contribution in [0.25, 0.3) is 33.7 Å². The molecule has 0 radical (unpaired) electrons. The molecule has 3 aromatic heterocycles. The van der Waals surface area contributed by atoms with Gasteiger partial charge < -0.3 is 4.74 Å². The molecule has 3 heterocycles. The van der Waals surface area contributed by atoms with E-state index in [9.17, 15) is 9.59 Å². The number of halogens is 1. The largest absolute Gasteiger partial charge is 0.497 e. The first-order valence-corrected chi connectivity index (χ1v) is 10.6. The standard InChI is InChI=1S/C24H17ClN6O3/c1-34-18-6-2-4-15(12-18)22-27-20-19(14-7-9-17(25)10-8-14)28-29-21(20)24(33)31(22)30-23(32)16-5-3-11-26-13-16/h2-13H,1H3,(H,28,29)(H,30,32). The zero-order valence-corrected chi connectivity index (χ0v) is 18.6. The normalized spacial score (nSPS) is 10.9. The van der Waals surface area contributed by atoms with Crippen molar-refractivity contribution in [3.8, 4) is 28.4 Å². The number of aromatic amines is 1. The molecular weight excluding hydrogens is 456 g/mol. The van der Waals surface area contributed by atoms with Crippen LogP contribution in [0.15, 0.2) is 77.9 Å². The zero-order valence-electron chi connectivity index (χ0n) is 17.8. The lowest BCUT2D eigenvalue weighted by molar-refractivity contribution is 0.101. The Morgan fingerprint density at radius 1 is 1.09 bits per heavy atom. The first-order chi connectivity index (χ1) is 16.5. The quantitative estimate of drug-likeness (QED) is 0.401. The lowest BCUT2D eigenvalue weighted by Gasteiger charge is -2.14. The maximum absolute atomic E-state index is 13.5. The molecule has 10 heteroatoms. The first-order valence-electron chi connectivity index (χ1n) is 10.2. The van der Waals surface area contributed by atoms with Gasteiger partial charge in [0, 0.05) is 28.5 Å². The number of aromatic nitrogens is 5. The summed E-state index contributed by atoms with van der Waals surface area (Å²) in [4.78, 5) is 35.1. The van der Waals surface area contributed by atoms with Crippen molar-refractivity contribution in [2.75, 3.05) is 12.5 Å². The van der Waals surface area contributed by atoms with E-state index in [4.69, 9.17) is 21.3 Å². The Kier molecular flexibility index (Phi) is 5.52. The lowest BCUT2D eigenvalue weighted by atomic mass is 10.1. The Bertz CT molecular complexity index is 1560. The molecule has 34 heavy (non-hydrogen) atoms. The number of nitrogens with zero attached hydrogens (tertiary/aromatic N) is 4. The van der Waals surface area contributed by atoms with Crippen LogP contribution in [0, 0.1) is 0 Å². The molecule has 168 valence electrons. The van der Waals surface area contributed by atoms with Gasteiger partial charge in [0.2, 0.25) is 0 Å². The number of benzene rings is 2. The van der Waals surface area contributed by atoms with Crippen molar-refractivity contribution in [2.45, 2.75) is 0 Å². The van der Waals surface area contributed by atoms with Crippen LogP contribution in [0.2, 0.25) is 5.02 Å². The highest BCUT2D eigenvalue weighted by Crippen LogP contribution is 2.28. The highest BCUT2D eigenvalue weighted by molar-refractivity contribution is 6.30. The topological polar surface area (TPSA) is 115 Å². The molecule has 9 nitrogen and oxygen atoms in total. The summed E-state index contributed by atoms with van der Waals surface area (Å²) in [6.07, 6.45) is 2.97. The summed E-state index contributed by atoms with van der Waals surface area (Å²) in [7, 11) is 1.54. The number of H-pyrrole nitrogens is 1. The van der Waals surface area contributed by atoms with Crippen molar-refractivity contribution in [3.63, 3.8) is 0 Å². The Morgan fingerprint density at radius 2 is 1.91 bits per heavy atom. The number of carbonyl (C=O) groups is 1. The molecule has 0 saturated carbocycles. The third-order valence-corrected chi connectivity index (χ3v) is 5.42. The molecule has 0 fully saturated rings. The highest BCUT2D eigenvalue weighted by atomic mass is 35.5. The summed E-state index contributed by atoms with van der Waals surface area (Å²) in [5, 5.41) is 7.65. The van der Waals surface area contributed by atoms with E-state index in [0.717, 1.165) is 10.2 Å². The Morgan fingerprint density at radius 3 is 2.65 bits per heavy atom. The van der Waals surface area contributed by atoms with Gasteiger partial charge in [-0.05, 0) is 36.4 Å². The van der Waals surface area contributed by atoms with Gasteiger partial charge in [0.15, 0.2) is 11.3 Å². The third kappa shape index (κ3) is 3.89. The van der Waals surface area contributed by atoms with Crippen LogP contribution in [-0.2, 0) is 0 Å². The SMILES string of the molecule is COc1cccc(-c2nc3c(-c4ccc(Cl)cc4)n[nH]c3c(=O)n2NC(=O)c2cccnc2)c1.